The Bertz CT molecular complexity index is 974. The van der Waals surface area contributed by atoms with Gasteiger partial charge in [-0.05, 0) is 47.7 Å². The van der Waals surface area contributed by atoms with E-state index in [1.54, 1.807) is 12.1 Å². The molecule has 0 fully saturated rings. The molecule has 0 saturated carbocycles. The van der Waals surface area contributed by atoms with Gasteiger partial charge in [0, 0.05) is 17.5 Å². The van der Waals surface area contributed by atoms with E-state index in [9.17, 15) is 13.2 Å². The largest absolute Gasteiger partial charge is 0.338 e. The van der Waals surface area contributed by atoms with Crippen LogP contribution in [0.2, 0.25) is 5.02 Å². The average molecular weight is 391 g/mol. The normalized spacial score (nSPS) is 22.5. The lowest BCUT2D eigenvalue weighted by Gasteiger charge is -2.17. The number of fused-ring (bicyclic) bond motifs is 2. The maximum atomic E-state index is 12.3. The van der Waals surface area contributed by atoms with Crippen molar-refractivity contribution < 1.29 is 13.2 Å². The minimum atomic E-state index is -3.25. The summed E-state index contributed by atoms with van der Waals surface area (Å²) in [4.78, 5) is 12.7. The van der Waals surface area contributed by atoms with Crippen LogP contribution in [-0.4, -0.2) is 26.7 Å². The molecule has 136 valence electrons. The van der Waals surface area contributed by atoms with E-state index >= 15 is 0 Å². The molecule has 1 unspecified atom stereocenters. The second-order valence-electron chi connectivity index (χ2n) is 6.80. The van der Waals surface area contributed by atoms with Crippen molar-refractivity contribution in [2.75, 3.05) is 12.3 Å². The molecule has 0 radical (unpaired) electrons. The van der Waals surface area contributed by atoms with Crippen molar-refractivity contribution in [3.63, 3.8) is 0 Å². The summed E-state index contributed by atoms with van der Waals surface area (Å²) in [5.41, 5.74) is 3.05. The van der Waals surface area contributed by atoms with Crippen LogP contribution in [0, 0.1) is 0 Å². The summed E-state index contributed by atoms with van der Waals surface area (Å²) < 4.78 is 24.4. The number of amides is 2. The molecule has 1 aliphatic carbocycles. The van der Waals surface area contributed by atoms with E-state index in [0.717, 1.165) is 24.0 Å². The van der Waals surface area contributed by atoms with E-state index in [0.29, 0.717) is 16.5 Å². The lowest BCUT2D eigenvalue weighted by Crippen LogP contribution is -2.39. The van der Waals surface area contributed by atoms with Gasteiger partial charge in [0.2, 0.25) is 0 Å². The molecule has 26 heavy (non-hydrogen) atoms. The molecule has 0 spiro atoms. The van der Waals surface area contributed by atoms with E-state index in [2.05, 4.69) is 10.6 Å². The zero-order chi connectivity index (χ0) is 18.3. The number of halogens is 1. The predicted molar refractivity (Wildman–Crippen MR) is 100 cm³/mol. The van der Waals surface area contributed by atoms with Crippen LogP contribution in [0.5, 0.6) is 0 Å². The van der Waals surface area contributed by atoms with Gasteiger partial charge in [0.25, 0.3) is 0 Å². The van der Waals surface area contributed by atoms with E-state index in [4.69, 9.17) is 11.6 Å². The standard InChI is InChI=1S/C19H19ClN2O3S/c20-14-6-7-15-12(9-14)5-8-17(15)22-19(23)21-10-13-11-26(24,25)18-4-2-1-3-16(13)18/h1-4,6-7,9,13,17H,5,8,10-11H2,(H2,21,22,23)/t13?,17-/m1/s1. The smallest absolute Gasteiger partial charge is 0.315 e. The minimum Gasteiger partial charge on any atom is -0.338 e. The van der Waals surface area contributed by atoms with Crippen LogP contribution in [0.15, 0.2) is 47.4 Å². The van der Waals surface area contributed by atoms with E-state index in [-0.39, 0.29) is 23.7 Å². The number of carbonyl (C=O) groups is 1. The van der Waals surface area contributed by atoms with Gasteiger partial charge in [-0.15, -0.1) is 0 Å². The highest BCUT2D eigenvalue weighted by Crippen LogP contribution is 2.35. The van der Waals surface area contributed by atoms with E-state index < -0.39 is 9.84 Å². The highest BCUT2D eigenvalue weighted by molar-refractivity contribution is 7.91. The van der Waals surface area contributed by atoms with Crippen molar-refractivity contribution in [2.24, 2.45) is 0 Å². The van der Waals surface area contributed by atoms with Gasteiger partial charge in [0.15, 0.2) is 9.84 Å². The Kier molecular flexibility index (Phi) is 4.40. The first-order valence-electron chi connectivity index (χ1n) is 8.58. The number of urea groups is 1. The summed E-state index contributed by atoms with van der Waals surface area (Å²) >= 11 is 6.01. The molecule has 0 bridgehead atoms. The number of rotatable bonds is 3. The lowest BCUT2D eigenvalue weighted by molar-refractivity contribution is 0.236. The van der Waals surface area contributed by atoms with Crippen molar-refractivity contribution in [1.29, 1.82) is 0 Å². The molecule has 0 aromatic heterocycles. The molecule has 2 aromatic rings. The van der Waals surface area contributed by atoms with Crippen molar-refractivity contribution in [1.82, 2.24) is 10.6 Å². The zero-order valence-corrected chi connectivity index (χ0v) is 15.6. The Hall–Kier alpha value is -2.05. The van der Waals surface area contributed by atoms with Crippen molar-refractivity contribution in [3.05, 3.63) is 64.2 Å². The van der Waals surface area contributed by atoms with E-state index in [1.165, 1.54) is 5.56 Å². The summed E-state index contributed by atoms with van der Waals surface area (Å²) in [7, 11) is -3.25. The van der Waals surface area contributed by atoms with Crippen LogP contribution in [-0.2, 0) is 16.3 Å². The molecular weight excluding hydrogens is 372 g/mol. The molecule has 2 aliphatic rings. The summed E-state index contributed by atoms with van der Waals surface area (Å²) in [6, 6.07) is 12.4. The fourth-order valence-electron chi connectivity index (χ4n) is 3.88. The van der Waals surface area contributed by atoms with Crippen LogP contribution in [0.1, 0.15) is 35.1 Å². The molecular formula is C19H19ClN2O3S. The van der Waals surface area contributed by atoms with Crippen LogP contribution in [0.25, 0.3) is 0 Å². The monoisotopic (exact) mass is 390 g/mol. The molecule has 2 aromatic carbocycles. The van der Waals surface area contributed by atoms with Crippen molar-refractivity contribution in [2.45, 2.75) is 29.7 Å². The van der Waals surface area contributed by atoms with Crippen LogP contribution in [0.4, 0.5) is 4.79 Å². The second kappa shape index (κ2) is 6.59. The van der Waals surface area contributed by atoms with Crippen LogP contribution in [0.3, 0.4) is 0 Å². The summed E-state index contributed by atoms with van der Waals surface area (Å²) in [6.45, 7) is 0.294. The molecule has 1 heterocycles. The third kappa shape index (κ3) is 3.19. The van der Waals surface area contributed by atoms with Gasteiger partial charge in [-0.3, -0.25) is 0 Å². The third-order valence-corrected chi connectivity index (χ3v) is 7.23. The number of hydrogen-bond donors (Lipinski definition) is 2. The third-order valence-electron chi connectivity index (χ3n) is 5.11. The first-order chi connectivity index (χ1) is 12.4. The fourth-order valence-corrected chi connectivity index (χ4v) is 5.96. The zero-order valence-electron chi connectivity index (χ0n) is 14.0. The minimum absolute atomic E-state index is 0.0391. The Morgan fingerprint density at radius 1 is 1.15 bits per heavy atom. The molecule has 2 atom stereocenters. The number of benzene rings is 2. The lowest BCUT2D eigenvalue weighted by atomic mass is 10.0. The molecule has 2 amide bonds. The average Bonchev–Trinajstić information content (AvgIpc) is 3.11. The van der Waals surface area contributed by atoms with Gasteiger partial charge < -0.3 is 10.6 Å². The molecule has 5 nitrogen and oxygen atoms in total. The molecule has 1 aliphatic heterocycles. The summed E-state index contributed by atoms with van der Waals surface area (Å²) in [6.07, 6.45) is 1.72. The SMILES string of the molecule is O=C(NCC1CS(=O)(=O)c2ccccc21)N[C@@H]1CCc2cc(Cl)ccc21. The quantitative estimate of drug-likeness (QED) is 0.845. The Morgan fingerprint density at radius 3 is 2.81 bits per heavy atom. The molecule has 2 N–H and O–H groups in total. The van der Waals surface area contributed by atoms with Gasteiger partial charge in [-0.2, -0.15) is 0 Å². The van der Waals surface area contributed by atoms with Gasteiger partial charge in [0.1, 0.15) is 0 Å². The van der Waals surface area contributed by atoms with Gasteiger partial charge in [0.05, 0.1) is 16.7 Å². The number of nitrogens with one attached hydrogen (secondary N) is 2. The first kappa shape index (κ1) is 17.4. The first-order valence-corrected chi connectivity index (χ1v) is 10.6. The summed E-state index contributed by atoms with van der Waals surface area (Å²) in [5.74, 6) is -0.172. The molecule has 4 rings (SSSR count). The predicted octanol–water partition coefficient (Wildman–Crippen LogP) is 3.20. The Balaban J connectivity index is 1.39. The van der Waals surface area contributed by atoms with Gasteiger partial charge in [-0.25, -0.2) is 13.2 Å². The number of aryl methyl sites for hydroxylation is 1. The number of hydrogen-bond acceptors (Lipinski definition) is 3. The van der Waals surface area contributed by atoms with Gasteiger partial charge in [-0.1, -0.05) is 35.9 Å². The maximum absolute atomic E-state index is 12.3. The van der Waals surface area contributed by atoms with Crippen molar-refractivity contribution in [3.8, 4) is 0 Å². The molecule has 0 saturated heterocycles. The number of carbonyl (C=O) groups excluding carboxylic acids is 1. The topological polar surface area (TPSA) is 75.3 Å². The Labute approximate surface area is 157 Å². The van der Waals surface area contributed by atoms with E-state index in [1.807, 2.05) is 30.3 Å². The fraction of sp³-hybridized carbons (Fsp3) is 0.316. The van der Waals surface area contributed by atoms with Crippen molar-refractivity contribution >= 4 is 27.5 Å². The molecule has 7 heteroatoms. The number of sulfone groups is 1. The Morgan fingerprint density at radius 2 is 1.96 bits per heavy atom. The highest BCUT2D eigenvalue weighted by atomic mass is 35.5. The van der Waals surface area contributed by atoms with Gasteiger partial charge >= 0.3 is 6.03 Å². The maximum Gasteiger partial charge on any atom is 0.315 e. The highest BCUT2D eigenvalue weighted by Gasteiger charge is 2.34. The summed E-state index contributed by atoms with van der Waals surface area (Å²) in [5, 5.41) is 6.52. The second-order valence-corrected chi connectivity index (χ2v) is 9.24. The van der Waals surface area contributed by atoms with Crippen LogP contribution < -0.4 is 10.6 Å². The van der Waals surface area contributed by atoms with Crippen LogP contribution >= 0.6 is 11.6 Å².